The van der Waals surface area contributed by atoms with E-state index in [-0.39, 0.29) is 23.8 Å². The van der Waals surface area contributed by atoms with Crippen molar-refractivity contribution in [3.05, 3.63) is 52.9 Å². The molecule has 6 nitrogen and oxygen atoms in total. The Morgan fingerprint density at radius 3 is 3.00 bits per heavy atom. The Morgan fingerprint density at radius 2 is 2.30 bits per heavy atom. The molecule has 0 spiro atoms. The van der Waals surface area contributed by atoms with E-state index in [2.05, 4.69) is 4.98 Å². The number of hydrogen-bond acceptors (Lipinski definition) is 6. The molecule has 0 unspecified atom stereocenters. The summed E-state index contributed by atoms with van der Waals surface area (Å²) in [6.45, 7) is 1.93. The molecule has 0 saturated heterocycles. The van der Waals surface area contributed by atoms with Gasteiger partial charge in [-0.05, 0) is 25.0 Å². The second-order valence-electron chi connectivity index (χ2n) is 5.43. The quantitative estimate of drug-likeness (QED) is 0.857. The second-order valence-corrected chi connectivity index (χ2v) is 5.43. The van der Waals surface area contributed by atoms with Crippen molar-refractivity contribution >= 4 is 11.8 Å². The van der Waals surface area contributed by atoms with Crippen LogP contribution in [-0.4, -0.2) is 23.3 Å². The Morgan fingerprint density at radius 1 is 1.48 bits per heavy atom. The van der Waals surface area contributed by atoms with Crippen LogP contribution in [0.3, 0.4) is 0 Å². The molecule has 1 aromatic rings. The fourth-order valence-electron chi connectivity index (χ4n) is 3.04. The Hall–Kier alpha value is -2.63. The number of esters is 1. The van der Waals surface area contributed by atoms with Crippen LogP contribution in [0.2, 0.25) is 0 Å². The molecule has 1 aliphatic heterocycles. The van der Waals surface area contributed by atoms with Crippen LogP contribution >= 0.6 is 0 Å². The van der Waals surface area contributed by atoms with Gasteiger partial charge in [0.2, 0.25) is 5.88 Å². The molecule has 2 heterocycles. The van der Waals surface area contributed by atoms with Gasteiger partial charge < -0.3 is 15.2 Å². The van der Waals surface area contributed by atoms with Gasteiger partial charge in [-0.15, -0.1) is 0 Å². The number of rotatable bonds is 3. The third kappa shape index (κ3) is 2.72. The Labute approximate surface area is 134 Å². The highest BCUT2D eigenvalue weighted by Crippen LogP contribution is 2.43. The summed E-state index contributed by atoms with van der Waals surface area (Å²) >= 11 is 0. The van der Waals surface area contributed by atoms with E-state index in [4.69, 9.17) is 15.2 Å². The molecule has 0 aromatic carbocycles. The lowest BCUT2D eigenvalue weighted by Gasteiger charge is -2.32. The first-order valence-corrected chi connectivity index (χ1v) is 7.64. The van der Waals surface area contributed by atoms with Gasteiger partial charge in [0.25, 0.3) is 0 Å². The predicted molar refractivity (Wildman–Crippen MR) is 81.8 cm³/mol. The van der Waals surface area contributed by atoms with Crippen molar-refractivity contribution in [2.24, 2.45) is 5.73 Å². The number of nitrogens with two attached hydrogens (primary N) is 1. The zero-order valence-electron chi connectivity index (χ0n) is 12.9. The third-order valence-electron chi connectivity index (χ3n) is 4.00. The molecule has 1 aromatic heterocycles. The maximum Gasteiger partial charge on any atom is 0.340 e. The zero-order valence-corrected chi connectivity index (χ0v) is 12.9. The number of ketones is 1. The summed E-state index contributed by atoms with van der Waals surface area (Å²) in [5, 5.41) is 0. The van der Waals surface area contributed by atoms with Crippen molar-refractivity contribution in [3.8, 4) is 0 Å². The maximum atomic E-state index is 12.5. The van der Waals surface area contributed by atoms with Gasteiger partial charge in [-0.25, -0.2) is 4.79 Å². The summed E-state index contributed by atoms with van der Waals surface area (Å²) in [6.07, 6.45) is 5.07. The number of carbonyl (C=O) groups is 2. The van der Waals surface area contributed by atoms with Crippen LogP contribution in [0.25, 0.3) is 0 Å². The number of Topliss-reactive ketones (excluding diaryl/α,β-unsaturated/α-hetero) is 1. The van der Waals surface area contributed by atoms with Crippen molar-refractivity contribution in [1.82, 2.24) is 4.98 Å². The van der Waals surface area contributed by atoms with E-state index in [1.807, 2.05) is 6.07 Å². The second kappa shape index (κ2) is 6.24. The van der Waals surface area contributed by atoms with Crippen LogP contribution < -0.4 is 5.73 Å². The SMILES string of the molecule is CCOC(=O)C1=C(N)OC2=C(C(=O)CCC2)[C@H]1c1cccnc1. The highest BCUT2D eigenvalue weighted by Gasteiger charge is 2.41. The molecule has 0 amide bonds. The topological polar surface area (TPSA) is 91.5 Å². The monoisotopic (exact) mass is 314 g/mol. The molecule has 23 heavy (non-hydrogen) atoms. The van der Waals surface area contributed by atoms with Crippen molar-refractivity contribution in [2.75, 3.05) is 6.61 Å². The van der Waals surface area contributed by atoms with E-state index in [1.165, 1.54) is 0 Å². The summed E-state index contributed by atoms with van der Waals surface area (Å²) < 4.78 is 10.7. The van der Waals surface area contributed by atoms with Gasteiger partial charge in [0, 0.05) is 30.8 Å². The first kappa shape index (κ1) is 15.3. The standard InChI is InChI=1S/C17H18N2O4/c1-2-22-17(21)15-13(10-5-4-8-19-9-10)14-11(20)6-3-7-12(14)23-16(15)18/h4-5,8-9,13H,2-3,6-7,18H2,1H3/t13-/m1/s1. The third-order valence-corrected chi connectivity index (χ3v) is 4.00. The molecule has 3 rings (SSSR count). The number of carbonyl (C=O) groups excluding carboxylic acids is 2. The number of ether oxygens (including phenoxy) is 2. The number of allylic oxidation sites excluding steroid dienone is 2. The predicted octanol–water partition coefficient (Wildman–Crippen LogP) is 1.94. The van der Waals surface area contributed by atoms with Gasteiger partial charge in [-0.2, -0.15) is 0 Å². The lowest BCUT2D eigenvalue weighted by molar-refractivity contribution is -0.139. The zero-order chi connectivity index (χ0) is 16.4. The molecule has 0 fully saturated rings. The van der Waals surface area contributed by atoms with Gasteiger partial charge in [-0.1, -0.05) is 6.07 Å². The Kier molecular flexibility index (Phi) is 4.14. The van der Waals surface area contributed by atoms with E-state index in [1.54, 1.807) is 25.4 Å². The van der Waals surface area contributed by atoms with Gasteiger partial charge in [0.1, 0.15) is 11.3 Å². The van der Waals surface area contributed by atoms with Crippen LogP contribution in [0.1, 0.15) is 37.7 Å². The van der Waals surface area contributed by atoms with Crippen LogP contribution in [0.15, 0.2) is 47.3 Å². The Balaban J connectivity index is 2.15. The van der Waals surface area contributed by atoms with Gasteiger partial charge in [0.05, 0.1) is 12.5 Å². The summed E-state index contributed by atoms with van der Waals surface area (Å²) in [6, 6.07) is 3.58. The maximum absolute atomic E-state index is 12.5. The van der Waals surface area contributed by atoms with E-state index in [0.29, 0.717) is 24.2 Å². The summed E-state index contributed by atoms with van der Waals surface area (Å²) in [5.74, 6) is -0.608. The molecule has 0 radical (unpaired) electrons. The van der Waals surface area contributed by atoms with Crippen LogP contribution in [-0.2, 0) is 19.1 Å². The van der Waals surface area contributed by atoms with Crippen molar-refractivity contribution < 1.29 is 19.1 Å². The fraction of sp³-hybridized carbons (Fsp3) is 0.353. The fourth-order valence-corrected chi connectivity index (χ4v) is 3.04. The molecule has 6 heteroatoms. The molecule has 120 valence electrons. The summed E-state index contributed by atoms with van der Waals surface area (Å²) in [5.41, 5.74) is 7.38. The minimum atomic E-state index is -0.584. The smallest absolute Gasteiger partial charge is 0.340 e. The van der Waals surface area contributed by atoms with Crippen LogP contribution in [0.5, 0.6) is 0 Å². The van der Waals surface area contributed by atoms with E-state index in [9.17, 15) is 9.59 Å². The highest BCUT2D eigenvalue weighted by atomic mass is 16.5. The average molecular weight is 314 g/mol. The van der Waals surface area contributed by atoms with Crippen molar-refractivity contribution in [1.29, 1.82) is 0 Å². The summed E-state index contributed by atoms with van der Waals surface area (Å²) in [4.78, 5) is 28.9. The van der Waals surface area contributed by atoms with Gasteiger partial charge in [-0.3, -0.25) is 9.78 Å². The highest BCUT2D eigenvalue weighted by molar-refractivity contribution is 6.03. The van der Waals surface area contributed by atoms with Gasteiger partial charge >= 0.3 is 5.97 Å². The minimum Gasteiger partial charge on any atom is -0.462 e. The van der Waals surface area contributed by atoms with E-state index in [0.717, 1.165) is 12.0 Å². The lowest BCUT2D eigenvalue weighted by Crippen LogP contribution is -2.31. The molecule has 0 saturated carbocycles. The first-order chi connectivity index (χ1) is 11.1. The minimum absolute atomic E-state index is 0.00533. The molecular weight excluding hydrogens is 296 g/mol. The normalized spacial score (nSPS) is 20.9. The molecule has 2 aliphatic rings. The van der Waals surface area contributed by atoms with E-state index >= 15 is 0 Å². The first-order valence-electron chi connectivity index (χ1n) is 7.64. The largest absolute Gasteiger partial charge is 0.462 e. The number of nitrogens with zero attached hydrogens (tertiary/aromatic N) is 1. The number of aromatic nitrogens is 1. The van der Waals surface area contributed by atoms with Crippen LogP contribution in [0, 0.1) is 0 Å². The van der Waals surface area contributed by atoms with Gasteiger partial charge in [0.15, 0.2) is 5.78 Å². The number of pyridine rings is 1. The molecule has 1 aliphatic carbocycles. The molecule has 1 atom stereocenters. The van der Waals surface area contributed by atoms with Crippen molar-refractivity contribution in [2.45, 2.75) is 32.1 Å². The van der Waals surface area contributed by atoms with Crippen LogP contribution in [0.4, 0.5) is 0 Å². The Bertz CT molecular complexity index is 707. The summed E-state index contributed by atoms with van der Waals surface area (Å²) in [7, 11) is 0. The average Bonchev–Trinajstić information content (AvgIpc) is 2.54. The molecule has 2 N–H and O–H groups in total. The van der Waals surface area contributed by atoms with Crippen molar-refractivity contribution in [3.63, 3.8) is 0 Å². The molecule has 0 bridgehead atoms. The number of hydrogen-bond donors (Lipinski definition) is 1. The molecular formula is C17H18N2O4. The lowest BCUT2D eigenvalue weighted by atomic mass is 9.77. The van der Waals surface area contributed by atoms with E-state index < -0.39 is 11.9 Å².